The van der Waals surface area contributed by atoms with Crippen LogP contribution >= 0.6 is 0 Å². The number of hydrogen-bond acceptors (Lipinski definition) is 4. The lowest BCUT2D eigenvalue weighted by molar-refractivity contribution is -0.137. The number of carbonyl (C=O) groups excluding carboxylic acids is 2. The average Bonchev–Trinajstić information content (AvgIpc) is 2.54. The van der Waals surface area contributed by atoms with Crippen molar-refractivity contribution < 1.29 is 22.8 Å². The van der Waals surface area contributed by atoms with Gasteiger partial charge in [-0.1, -0.05) is 12.1 Å². The van der Waals surface area contributed by atoms with Gasteiger partial charge in [0.05, 0.1) is 11.8 Å². The fourth-order valence-corrected chi connectivity index (χ4v) is 1.99. The van der Waals surface area contributed by atoms with Gasteiger partial charge >= 0.3 is 6.18 Å². The summed E-state index contributed by atoms with van der Waals surface area (Å²) in [6.45, 7) is 1.22. The largest absolute Gasteiger partial charge is 0.416 e. The van der Waals surface area contributed by atoms with Crippen LogP contribution in [0.25, 0.3) is 0 Å². The Morgan fingerprint density at radius 1 is 1.17 bits per heavy atom. The van der Waals surface area contributed by atoms with E-state index in [-0.39, 0.29) is 11.3 Å². The molecule has 2 aromatic rings. The first-order chi connectivity index (χ1) is 11.1. The Balaban J connectivity index is 2.41. The van der Waals surface area contributed by atoms with E-state index in [1.165, 1.54) is 25.4 Å². The number of nitrogens with zero attached hydrogens (tertiary/aromatic N) is 2. The predicted molar refractivity (Wildman–Crippen MR) is 77.5 cm³/mol. The maximum absolute atomic E-state index is 12.9. The van der Waals surface area contributed by atoms with Crippen molar-refractivity contribution in [2.75, 3.05) is 0 Å². The number of primary amides is 1. The van der Waals surface area contributed by atoms with Crippen LogP contribution in [-0.2, 0) is 16.5 Å². The van der Waals surface area contributed by atoms with Gasteiger partial charge in [-0.2, -0.15) is 13.2 Å². The van der Waals surface area contributed by atoms with Crippen LogP contribution in [-0.4, -0.2) is 21.8 Å². The highest BCUT2D eigenvalue weighted by Gasteiger charge is 2.38. The van der Waals surface area contributed by atoms with Crippen molar-refractivity contribution in [3.63, 3.8) is 0 Å². The highest BCUT2D eigenvalue weighted by molar-refractivity contribution is 5.97. The van der Waals surface area contributed by atoms with Crippen LogP contribution in [0.15, 0.2) is 42.9 Å². The van der Waals surface area contributed by atoms with Crippen LogP contribution in [0, 0.1) is 0 Å². The SMILES string of the molecule is C[C@](NC(=O)c1cnccn1)(C(N)=O)c1cccc(C(F)(F)F)c1. The summed E-state index contributed by atoms with van der Waals surface area (Å²) in [5, 5.41) is 2.32. The smallest absolute Gasteiger partial charge is 0.367 e. The lowest BCUT2D eigenvalue weighted by Gasteiger charge is -2.28. The van der Waals surface area contributed by atoms with E-state index in [1.807, 2.05) is 0 Å². The molecule has 126 valence electrons. The number of hydrogen-bond donors (Lipinski definition) is 2. The third-order valence-electron chi connectivity index (χ3n) is 3.42. The number of rotatable bonds is 4. The van der Waals surface area contributed by atoms with Gasteiger partial charge in [0.1, 0.15) is 11.2 Å². The van der Waals surface area contributed by atoms with Crippen LogP contribution < -0.4 is 11.1 Å². The van der Waals surface area contributed by atoms with Crippen LogP contribution in [0.3, 0.4) is 0 Å². The fourth-order valence-electron chi connectivity index (χ4n) is 1.99. The second kappa shape index (κ2) is 6.26. The van der Waals surface area contributed by atoms with E-state index in [0.29, 0.717) is 0 Å². The minimum Gasteiger partial charge on any atom is -0.367 e. The van der Waals surface area contributed by atoms with Gasteiger partial charge in [-0.05, 0) is 24.6 Å². The monoisotopic (exact) mass is 338 g/mol. The fraction of sp³-hybridized carbons (Fsp3) is 0.200. The van der Waals surface area contributed by atoms with Gasteiger partial charge in [0, 0.05) is 12.4 Å². The predicted octanol–water partition coefficient (Wildman–Crippen LogP) is 1.63. The summed E-state index contributed by atoms with van der Waals surface area (Å²) < 4.78 is 38.6. The summed E-state index contributed by atoms with van der Waals surface area (Å²) in [6, 6.07) is 4.03. The Bertz CT molecular complexity index is 765. The quantitative estimate of drug-likeness (QED) is 0.885. The van der Waals surface area contributed by atoms with E-state index in [1.54, 1.807) is 0 Å². The molecule has 24 heavy (non-hydrogen) atoms. The lowest BCUT2D eigenvalue weighted by atomic mass is 9.89. The average molecular weight is 338 g/mol. The molecule has 0 aliphatic rings. The Morgan fingerprint density at radius 2 is 1.83 bits per heavy atom. The van der Waals surface area contributed by atoms with E-state index in [2.05, 4.69) is 15.3 Å². The highest BCUT2D eigenvalue weighted by atomic mass is 19.4. The van der Waals surface area contributed by atoms with Gasteiger partial charge in [0.2, 0.25) is 5.91 Å². The number of nitrogens with two attached hydrogens (primary N) is 1. The number of carbonyl (C=O) groups is 2. The van der Waals surface area contributed by atoms with E-state index < -0.39 is 29.1 Å². The van der Waals surface area contributed by atoms with Crippen LogP contribution in [0.2, 0.25) is 0 Å². The first-order valence-electron chi connectivity index (χ1n) is 6.71. The molecule has 1 aromatic heterocycles. The zero-order valence-corrected chi connectivity index (χ0v) is 12.5. The maximum Gasteiger partial charge on any atom is 0.416 e. The van der Waals surface area contributed by atoms with Crippen molar-refractivity contribution in [1.82, 2.24) is 15.3 Å². The number of halogens is 3. The maximum atomic E-state index is 12.9. The number of amides is 2. The molecule has 0 radical (unpaired) electrons. The summed E-state index contributed by atoms with van der Waals surface area (Å²) in [4.78, 5) is 31.5. The minimum atomic E-state index is -4.59. The van der Waals surface area contributed by atoms with Gasteiger partial charge in [0.15, 0.2) is 0 Å². The lowest BCUT2D eigenvalue weighted by Crippen LogP contribution is -2.53. The van der Waals surface area contributed by atoms with Crippen molar-refractivity contribution in [1.29, 1.82) is 0 Å². The molecule has 6 nitrogen and oxygen atoms in total. The van der Waals surface area contributed by atoms with Crippen molar-refractivity contribution in [3.05, 3.63) is 59.7 Å². The molecule has 2 amide bonds. The zero-order valence-electron chi connectivity index (χ0n) is 12.5. The molecular formula is C15H13F3N4O2. The van der Waals surface area contributed by atoms with Gasteiger partial charge < -0.3 is 11.1 Å². The number of nitrogens with one attached hydrogen (secondary N) is 1. The third-order valence-corrected chi connectivity index (χ3v) is 3.42. The number of aromatic nitrogens is 2. The third kappa shape index (κ3) is 3.50. The Labute approximate surface area is 134 Å². The topological polar surface area (TPSA) is 98.0 Å². The van der Waals surface area contributed by atoms with Crippen LogP contribution in [0.4, 0.5) is 13.2 Å². The Morgan fingerprint density at radius 3 is 2.38 bits per heavy atom. The van der Waals surface area contributed by atoms with Crippen LogP contribution in [0.1, 0.15) is 28.5 Å². The van der Waals surface area contributed by atoms with Gasteiger partial charge in [-0.25, -0.2) is 4.98 Å². The van der Waals surface area contributed by atoms with Gasteiger partial charge in [-0.15, -0.1) is 0 Å². The molecule has 1 atom stereocenters. The molecule has 0 saturated heterocycles. The summed E-state index contributed by atoms with van der Waals surface area (Å²) >= 11 is 0. The molecule has 0 aliphatic heterocycles. The minimum absolute atomic E-state index is 0.0953. The van der Waals surface area contributed by atoms with Crippen LogP contribution in [0.5, 0.6) is 0 Å². The van der Waals surface area contributed by atoms with E-state index in [4.69, 9.17) is 5.73 Å². The van der Waals surface area contributed by atoms with Gasteiger partial charge in [0.25, 0.3) is 5.91 Å². The highest BCUT2D eigenvalue weighted by Crippen LogP contribution is 2.32. The molecule has 0 bridgehead atoms. The molecule has 0 fully saturated rings. The zero-order chi connectivity index (χ0) is 18.0. The summed E-state index contributed by atoms with van der Waals surface area (Å²) in [5.41, 5.74) is 2.31. The van der Waals surface area contributed by atoms with E-state index in [9.17, 15) is 22.8 Å². The molecular weight excluding hydrogens is 325 g/mol. The standard InChI is InChI=1S/C15H13F3N4O2/c1-14(13(19)24,22-12(23)11-8-20-5-6-21-11)9-3-2-4-10(7-9)15(16,17)18/h2-8H,1H3,(H2,19,24)(H,22,23)/t14-/m1/s1. The number of alkyl halides is 3. The molecule has 0 saturated carbocycles. The Kier molecular flexibility index (Phi) is 4.54. The second-order valence-electron chi connectivity index (χ2n) is 5.11. The molecule has 3 N–H and O–H groups in total. The first-order valence-corrected chi connectivity index (χ1v) is 6.71. The van der Waals surface area contributed by atoms with E-state index >= 15 is 0 Å². The molecule has 1 heterocycles. The van der Waals surface area contributed by atoms with Crippen molar-refractivity contribution >= 4 is 11.8 Å². The molecule has 0 spiro atoms. The first kappa shape index (κ1) is 17.4. The normalized spacial score (nSPS) is 13.8. The van der Waals surface area contributed by atoms with Crippen molar-refractivity contribution in [2.45, 2.75) is 18.6 Å². The van der Waals surface area contributed by atoms with Crippen molar-refractivity contribution in [3.8, 4) is 0 Å². The molecule has 9 heteroatoms. The van der Waals surface area contributed by atoms with Crippen molar-refractivity contribution in [2.24, 2.45) is 5.73 Å². The Hall–Kier alpha value is -2.97. The number of benzene rings is 1. The molecule has 0 aliphatic carbocycles. The second-order valence-corrected chi connectivity index (χ2v) is 5.11. The summed E-state index contributed by atoms with van der Waals surface area (Å²) in [5.74, 6) is -1.80. The summed E-state index contributed by atoms with van der Waals surface area (Å²) in [7, 11) is 0. The molecule has 0 unspecified atom stereocenters. The molecule has 1 aromatic carbocycles. The van der Waals surface area contributed by atoms with E-state index in [0.717, 1.165) is 24.4 Å². The summed E-state index contributed by atoms with van der Waals surface area (Å²) in [6.07, 6.45) is -0.829. The molecule has 2 rings (SSSR count). The van der Waals surface area contributed by atoms with Gasteiger partial charge in [-0.3, -0.25) is 14.6 Å².